The van der Waals surface area contributed by atoms with Crippen molar-refractivity contribution in [2.24, 2.45) is 16.2 Å². The summed E-state index contributed by atoms with van der Waals surface area (Å²) in [5.41, 5.74) is 0.391. The van der Waals surface area contributed by atoms with Gasteiger partial charge in [0.2, 0.25) is 5.91 Å². The number of hydrogen-bond donors (Lipinski definition) is 1. The van der Waals surface area contributed by atoms with Crippen molar-refractivity contribution >= 4 is 29.0 Å². The molecule has 0 aromatic heterocycles. The number of ketones is 1. The van der Waals surface area contributed by atoms with Crippen molar-refractivity contribution in [2.75, 3.05) is 5.32 Å². The van der Waals surface area contributed by atoms with Gasteiger partial charge in [0.05, 0.1) is 5.41 Å². The fourth-order valence-corrected chi connectivity index (χ4v) is 4.50. The predicted octanol–water partition coefficient (Wildman–Crippen LogP) is 4.37. The molecule has 0 radical (unpaired) electrons. The van der Waals surface area contributed by atoms with Gasteiger partial charge < -0.3 is 5.32 Å². The largest absolute Gasteiger partial charge is 0.325 e. The number of aryl methyl sites for hydroxylation is 1. The zero-order valence-corrected chi connectivity index (χ0v) is 14.3. The van der Waals surface area contributed by atoms with E-state index in [4.69, 9.17) is 11.6 Å². The average Bonchev–Trinajstić information content (AvgIpc) is 2.73. The molecule has 2 bridgehead atoms. The Morgan fingerprint density at radius 1 is 1.23 bits per heavy atom. The highest BCUT2D eigenvalue weighted by Gasteiger charge is 2.72. The minimum atomic E-state index is -0.604. The van der Waals surface area contributed by atoms with Crippen molar-refractivity contribution < 1.29 is 9.59 Å². The number of anilines is 1. The van der Waals surface area contributed by atoms with E-state index in [9.17, 15) is 9.59 Å². The molecule has 22 heavy (non-hydrogen) atoms. The molecule has 0 saturated heterocycles. The van der Waals surface area contributed by atoms with Crippen molar-refractivity contribution in [3.63, 3.8) is 0 Å². The summed E-state index contributed by atoms with van der Waals surface area (Å²) in [5.74, 6) is 0.180. The molecule has 118 valence electrons. The minimum absolute atomic E-state index is 0.0440. The van der Waals surface area contributed by atoms with Crippen molar-refractivity contribution in [3.05, 3.63) is 28.8 Å². The first-order valence-electron chi connectivity index (χ1n) is 7.75. The van der Waals surface area contributed by atoms with Gasteiger partial charge in [-0.2, -0.15) is 0 Å². The Morgan fingerprint density at radius 2 is 1.91 bits per heavy atom. The molecule has 2 atom stereocenters. The number of rotatable bonds is 2. The maximum absolute atomic E-state index is 13.1. The van der Waals surface area contributed by atoms with E-state index in [0.29, 0.717) is 11.4 Å². The van der Waals surface area contributed by atoms with Crippen LogP contribution in [0, 0.1) is 23.2 Å². The number of carbonyl (C=O) groups is 2. The van der Waals surface area contributed by atoms with E-state index in [1.165, 1.54) is 0 Å². The molecule has 1 aromatic carbocycles. The number of fused-ring (bicyclic) bond motifs is 2. The monoisotopic (exact) mass is 319 g/mol. The SMILES string of the molecule is Cc1ccc(Cl)cc1NC(=O)C12CCC(C)(C(=O)C1)C2(C)C. The molecule has 3 rings (SSSR count). The zero-order chi connectivity index (χ0) is 16.3. The van der Waals surface area contributed by atoms with Crippen LogP contribution in [0.3, 0.4) is 0 Å². The Bertz CT molecular complexity index is 682. The second-order valence-electron chi connectivity index (χ2n) is 7.55. The fraction of sp³-hybridized carbons (Fsp3) is 0.556. The van der Waals surface area contributed by atoms with Crippen LogP contribution in [0.25, 0.3) is 0 Å². The molecule has 2 aliphatic carbocycles. The number of amides is 1. The van der Waals surface area contributed by atoms with Crippen LogP contribution in [0.15, 0.2) is 18.2 Å². The quantitative estimate of drug-likeness (QED) is 0.879. The molecular formula is C18H22ClNO2. The van der Waals surface area contributed by atoms with Crippen LogP contribution < -0.4 is 5.32 Å². The van der Waals surface area contributed by atoms with Gasteiger partial charge in [-0.25, -0.2) is 0 Å². The van der Waals surface area contributed by atoms with Crippen LogP contribution in [0.1, 0.15) is 45.6 Å². The number of hydrogen-bond acceptors (Lipinski definition) is 2. The van der Waals surface area contributed by atoms with Gasteiger partial charge >= 0.3 is 0 Å². The average molecular weight is 320 g/mol. The Hall–Kier alpha value is -1.35. The summed E-state index contributed by atoms with van der Waals surface area (Å²) < 4.78 is 0. The summed E-state index contributed by atoms with van der Waals surface area (Å²) in [7, 11) is 0. The topological polar surface area (TPSA) is 46.2 Å². The first-order chi connectivity index (χ1) is 10.1. The summed E-state index contributed by atoms with van der Waals surface area (Å²) in [4.78, 5) is 25.5. The summed E-state index contributed by atoms with van der Waals surface area (Å²) in [6.07, 6.45) is 1.91. The smallest absolute Gasteiger partial charge is 0.231 e. The van der Waals surface area contributed by atoms with Crippen LogP contribution in [0.5, 0.6) is 0 Å². The van der Waals surface area contributed by atoms with E-state index in [-0.39, 0.29) is 22.5 Å². The normalized spacial score (nSPS) is 32.3. The third kappa shape index (κ3) is 1.75. The van der Waals surface area contributed by atoms with E-state index in [0.717, 1.165) is 24.1 Å². The molecular weight excluding hydrogens is 298 g/mol. The Morgan fingerprint density at radius 3 is 2.45 bits per heavy atom. The van der Waals surface area contributed by atoms with Crippen molar-refractivity contribution in [1.82, 2.24) is 0 Å². The summed E-state index contributed by atoms with van der Waals surface area (Å²) in [6, 6.07) is 5.46. The van der Waals surface area contributed by atoms with E-state index in [2.05, 4.69) is 19.2 Å². The van der Waals surface area contributed by atoms with Crippen molar-refractivity contribution in [2.45, 2.75) is 47.0 Å². The standard InChI is InChI=1S/C18H22ClNO2/c1-11-5-6-12(19)9-13(11)20-15(22)18-8-7-17(4,14(21)10-18)16(18,2)3/h5-6,9H,7-8,10H2,1-4H3,(H,20,22). The van der Waals surface area contributed by atoms with Gasteiger partial charge in [-0.3, -0.25) is 9.59 Å². The Kier molecular flexibility index (Phi) is 3.23. The molecule has 2 fully saturated rings. The molecule has 2 unspecified atom stereocenters. The first kappa shape index (κ1) is 15.5. The second kappa shape index (κ2) is 4.58. The van der Waals surface area contributed by atoms with E-state index in [1.807, 2.05) is 19.9 Å². The molecule has 2 aliphatic rings. The van der Waals surface area contributed by atoms with Gasteiger partial charge in [-0.15, -0.1) is 0 Å². The van der Waals surface area contributed by atoms with Crippen molar-refractivity contribution in [1.29, 1.82) is 0 Å². The summed E-state index contributed by atoms with van der Waals surface area (Å²) >= 11 is 6.03. The highest BCUT2D eigenvalue weighted by molar-refractivity contribution is 6.31. The highest BCUT2D eigenvalue weighted by atomic mass is 35.5. The van der Waals surface area contributed by atoms with E-state index in [1.54, 1.807) is 12.1 Å². The van der Waals surface area contributed by atoms with Crippen LogP contribution in [-0.4, -0.2) is 11.7 Å². The van der Waals surface area contributed by atoms with E-state index < -0.39 is 5.41 Å². The molecule has 1 amide bonds. The van der Waals surface area contributed by atoms with Crippen LogP contribution >= 0.6 is 11.6 Å². The molecule has 3 nitrogen and oxygen atoms in total. The third-order valence-corrected chi connectivity index (χ3v) is 6.82. The molecule has 1 aromatic rings. The molecule has 1 N–H and O–H groups in total. The lowest BCUT2D eigenvalue weighted by Crippen LogP contribution is -2.43. The van der Waals surface area contributed by atoms with Gasteiger partial charge in [-0.05, 0) is 42.9 Å². The molecule has 4 heteroatoms. The number of nitrogens with one attached hydrogen (secondary N) is 1. The molecule has 0 aliphatic heterocycles. The molecule has 0 heterocycles. The van der Waals surface area contributed by atoms with Crippen LogP contribution in [-0.2, 0) is 9.59 Å². The van der Waals surface area contributed by atoms with Gasteiger partial charge in [0.1, 0.15) is 5.78 Å². The lowest BCUT2D eigenvalue weighted by Gasteiger charge is -2.38. The maximum atomic E-state index is 13.1. The molecule has 0 spiro atoms. The first-order valence-corrected chi connectivity index (χ1v) is 8.13. The number of Topliss-reactive ketones (excluding diaryl/α,β-unsaturated/α-hetero) is 1. The maximum Gasteiger partial charge on any atom is 0.231 e. The highest BCUT2D eigenvalue weighted by Crippen LogP contribution is 2.70. The van der Waals surface area contributed by atoms with Gasteiger partial charge in [0.25, 0.3) is 0 Å². The third-order valence-electron chi connectivity index (χ3n) is 6.59. The predicted molar refractivity (Wildman–Crippen MR) is 88.0 cm³/mol. The Labute approximate surface area is 136 Å². The summed E-state index contributed by atoms with van der Waals surface area (Å²) in [6.45, 7) is 8.08. The van der Waals surface area contributed by atoms with Crippen LogP contribution in [0.4, 0.5) is 5.69 Å². The Balaban J connectivity index is 1.96. The fourth-order valence-electron chi connectivity index (χ4n) is 4.33. The lowest BCUT2D eigenvalue weighted by molar-refractivity contribution is -0.131. The lowest BCUT2D eigenvalue weighted by atomic mass is 9.64. The number of halogens is 1. The van der Waals surface area contributed by atoms with Crippen molar-refractivity contribution in [3.8, 4) is 0 Å². The number of carbonyl (C=O) groups excluding carboxylic acids is 2. The summed E-state index contributed by atoms with van der Waals surface area (Å²) in [5, 5.41) is 3.62. The molecule has 2 saturated carbocycles. The number of benzene rings is 1. The van der Waals surface area contributed by atoms with Gasteiger partial charge in [-0.1, -0.05) is 38.4 Å². The van der Waals surface area contributed by atoms with Crippen LogP contribution in [0.2, 0.25) is 5.02 Å². The van der Waals surface area contributed by atoms with E-state index >= 15 is 0 Å². The zero-order valence-electron chi connectivity index (χ0n) is 13.5. The second-order valence-corrected chi connectivity index (χ2v) is 7.99. The van der Waals surface area contributed by atoms with Gasteiger partial charge in [0.15, 0.2) is 0 Å². The minimum Gasteiger partial charge on any atom is -0.325 e. The van der Waals surface area contributed by atoms with Gasteiger partial charge in [0, 0.05) is 22.5 Å².